The molecule has 1 atom stereocenters. The lowest BCUT2D eigenvalue weighted by molar-refractivity contribution is -0.141. The standard InChI is InChI=1S/C14H20N2O6/c1-20-8-4-11(21-2)9(12(5-8)22-3)7-16-10(14(18)19)6-13(15)17/h4-5,10,16H,6-7H2,1-3H3,(H2,15,17)(H,18,19). The van der Waals surface area contributed by atoms with Crippen molar-refractivity contribution >= 4 is 11.9 Å². The number of methoxy groups -OCH3 is 3. The molecule has 0 spiro atoms. The van der Waals surface area contributed by atoms with E-state index in [2.05, 4.69) is 5.32 Å². The number of hydrogen-bond acceptors (Lipinski definition) is 6. The number of amides is 1. The fourth-order valence-electron chi connectivity index (χ4n) is 1.93. The molecule has 0 aromatic heterocycles. The average molecular weight is 312 g/mol. The van der Waals surface area contributed by atoms with Crippen LogP contribution in [-0.2, 0) is 16.1 Å². The van der Waals surface area contributed by atoms with Crippen molar-refractivity contribution in [1.82, 2.24) is 5.32 Å². The van der Waals surface area contributed by atoms with Gasteiger partial charge < -0.3 is 25.1 Å². The van der Waals surface area contributed by atoms with Gasteiger partial charge in [-0.2, -0.15) is 0 Å². The predicted molar refractivity (Wildman–Crippen MR) is 78.2 cm³/mol. The third-order valence-corrected chi connectivity index (χ3v) is 3.05. The number of carboxylic acid groups (broad SMARTS) is 1. The van der Waals surface area contributed by atoms with E-state index in [1.807, 2.05) is 0 Å². The van der Waals surface area contributed by atoms with Gasteiger partial charge in [-0.15, -0.1) is 0 Å². The molecule has 0 saturated carbocycles. The molecular weight excluding hydrogens is 292 g/mol. The SMILES string of the molecule is COc1cc(OC)c(CNC(CC(N)=O)C(=O)O)c(OC)c1. The Morgan fingerprint density at radius 2 is 1.73 bits per heavy atom. The van der Waals surface area contributed by atoms with Crippen LogP contribution in [0.5, 0.6) is 17.2 Å². The average Bonchev–Trinajstić information content (AvgIpc) is 2.49. The summed E-state index contributed by atoms with van der Waals surface area (Å²) in [7, 11) is 4.48. The van der Waals surface area contributed by atoms with Crippen molar-refractivity contribution in [2.45, 2.75) is 19.0 Å². The Balaban J connectivity index is 3.00. The summed E-state index contributed by atoms with van der Waals surface area (Å²) < 4.78 is 15.7. The highest BCUT2D eigenvalue weighted by Gasteiger charge is 2.21. The molecule has 1 rings (SSSR count). The zero-order valence-electron chi connectivity index (χ0n) is 12.7. The summed E-state index contributed by atoms with van der Waals surface area (Å²) in [4.78, 5) is 22.0. The van der Waals surface area contributed by atoms with E-state index in [0.29, 0.717) is 22.8 Å². The Kier molecular flexibility index (Phi) is 6.46. The first-order valence-corrected chi connectivity index (χ1v) is 6.46. The maximum absolute atomic E-state index is 11.1. The Hall–Kier alpha value is -2.48. The lowest BCUT2D eigenvalue weighted by Gasteiger charge is -2.18. The second-order valence-corrected chi connectivity index (χ2v) is 4.45. The molecule has 1 aromatic carbocycles. The molecule has 0 saturated heterocycles. The Bertz CT molecular complexity index is 521. The van der Waals surface area contributed by atoms with E-state index in [1.165, 1.54) is 21.3 Å². The fraction of sp³-hybridized carbons (Fsp3) is 0.429. The summed E-state index contributed by atoms with van der Waals surface area (Å²) in [5, 5.41) is 11.8. The van der Waals surface area contributed by atoms with Gasteiger partial charge in [0.25, 0.3) is 0 Å². The largest absolute Gasteiger partial charge is 0.496 e. The van der Waals surface area contributed by atoms with Gasteiger partial charge >= 0.3 is 5.97 Å². The van der Waals surface area contributed by atoms with E-state index < -0.39 is 17.9 Å². The van der Waals surface area contributed by atoms with Crippen LogP contribution in [0.15, 0.2) is 12.1 Å². The minimum Gasteiger partial charge on any atom is -0.496 e. The van der Waals surface area contributed by atoms with Crippen molar-refractivity contribution in [1.29, 1.82) is 0 Å². The van der Waals surface area contributed by atoms with Crippen LogP contribution in [0.25, 0.3) is 0 Å². The second-order valence-electron chi connectivity index (χ2n) is 4.45. The quantitative estimate of drug-likeness (QED) is 0.592. The van der Waals surface area contributed by atoms with Gasteiger partial charge in [0, 0.05) is 18.7 Å². The van der Waals surface area contributed by atoms with Crippen LogP contribution in [0.1, 0.15) is 12.0 Å². The summed E-state index contributed by atoms with van der Waals surface area (Å²) in [6.45, 7) is 0.126. The number of hydrogen-bond donors (Lipinski definition) is 3. The number of benzene rings is 1. The lowest BCUT2D eigenvalue weighted by atomic mass is 10.1. The molecule has 22 heavy (non-hydrogen) atoms. The number of aliphatic carboxylic acids is 1. The fourth-order valence-corrected chi connectivity index (χ4v) is 1.93. The van der Waals surface area contributed by atoms with Gasteiger partial charge in [-0.05, 0) is 0 Å². The van der Waals surface area contributed by atoms with Crippen LogP contribution >= 0.6 is 0 Å². The van der Waals surface area contributed by atoms with E-state index in [4.69, 9.17) is 25.1 Å². The second kappa shape index (κ2) is 8.08. The number of rotatable bonds is 9. The molecule has 1 unspecified atom stereocenters. The molecule has 0 aliphatic rings. The number of carboxylic acids is 1. The third-order valence-electron chi connectivity index (χ3n) is 3.05. The van der Waals surface area contributed by atoms with E-state index in [0.717, 1.165) is 0 Å². The molecule has 8 nitrogen and oxygen atoms in total. The molecule has 0 heterocycles. The van der Waals surface area contributed by atoms with E-state index in [1.54, 1.807) is 12.1 Å². The maximum atomic E-state index is 11.1. The summed E-state index contributed by atoms with van der Waals surface area (Å²) in [6.07, 6.45) is -0.309. The molecule has 0 aliphatic carbocycles. The zero-order valence-corrected chi connectivity index (χ0v) is 12.7. The van der Waals surface area contributed by atoms with Crippen LogP contribution in [0.3, 0.4) is 0 Å². The topological polar surface area (TPSA) is 120 Å². The minimum atomic E-state index is -1.16. The van der Waals surface area contributed by atoms with Crippen molar-refractivity contribution in [3.63, 3.8) is 0 Å². The van der Waals surface area contributed by atoms with Gasteiger partial charge in [0.15, 0.2) is 0 Å². The van der Waals surface area contributed by atoms with Gasteiger partial charge in [-0.1, -0.05) is 0 Å². The normalized spacial score (nSPS) is 11.6. The highest BCUT2D eigenvalue weighted by molar-refractivity contribution is 5.83. The highest BCUT2D eigenvalue weighted by atomic mass is 16.5. The van der Waals surface area contributed by atoms with Crippen molar-refractivity contribution in [2.75, 3.05) is 21.3 Å². The van der Waals surface area contributed by atoms with Crippen LogP contribution < -0.4 is 25.3 Å². The zero-order chi connectivity index (χ0) is 16.7. The molecule has 0 bridgehead atoms. The molecule has 122 valence electrons. The monoisotopic (exact) mass is 312 g/mol. The summed E-state index contributed by atoms with van der Waals surface area (Å²) >= 11 is 0. The number of carbonyl (C=O) groups excluding carboxylic acids is 1. The van der Waals surface area contributed by atoms with Crippen molar-refractivity contribution in [2.24, 2.45) is 5.73 Å². The molecular formula is C14H20N2O6. The number of nitrogens with two attached hydrogens (primary N) is 1. The molecule has 0 radical (unpaired) electrons. The van der Waals surface area contributed by atoms with Crippen LogP contribution in [-0.4, -0.2) is 44.4 Å². The van der Waals surface area contributed by atoms with E-state index >= 15 is 0 Å². The molecule has 8 heteroatoms. The minimum absolute atomic E-state index is 0.126. The molecule has 1 amide bonds. The first kappa shape index (κ1) is 17.6. The summed E-state index contributed by atoms with van der Waals surface area (Å²) in [5.41, 5.74) is 5.65. The number of nitrogens with one attached hydrogen (secondary N) is 1. The molecule has 4 N–H and O–H groups in total. The smallest absolute Gasteiger partial charge is 0.321 e. The molecule has 1 aromatic rings. The van der Waals surface area contributed by atoms with Crippen LogP contribution in [0, 0.1) is 0 Å². The van der Waals surface area contributed by atoms with Gasteiger partial charge in [0.1, 0.15) is 23.3 Å². The number of primary amides is 1. The Labute approximate surface area is 128 Å². The first-order chi connectivity index (χ1) is 10.4. The molecule has 0 aliphatic heterocycles. The van der Waals surface area contributed by atoms with Gasteiger partial charge in [0.2, 0.25) is 5.91 Å². The summed E-state index contributed by atoms with van der Waals surface area (Å²) in [6, 6.07) is 2.22. The molecule has 0 fully saturated rings. The van der Waals surface area contributed by atoms with Gasteiger partial charge in [-0.25, -0.2) is 0 Å². The highest BCUT2D eigenvalue weighted by Crippen LogP contribution is 2.33. The van der Waals surface area contributed by atoms with E-state index in [9.17, 15) is 9.59 Å². The Morgan fingerprint density at radius 1 is 1.18 bits per heavy atom. The predicted octanol–water partition coefficient (Wildman–Crippen LogP) is 0.131. The number of ether oxygens (including phenoxy) is 3. The van der Waals surface area contributed by atoms with Gasteiger partial charge in [0.05, 0.1) is 33.3 Å². The Morgan fingerprint density at radius 3 is 2.09 bits per heavy atom. The lowest BCUT2D eigenvalue weighted by Crippen LogP contribution is -2.39. The maximum Gasteiger partial charge on any atom is 0.321 e. The first-order valence-electron chi connectivity index (χ1n) is 6.46. The number of carbonyl (C=O) groups is 2. The third kappa shape index (κ3) is 4.52. The van der Waals surface area contributed by atoms with Crippen molar-refractivity contribution in [3.8, 4) is 17.2 Å². The van der Waals surface area contributed by atoms with Gasteiger partial charge in [-0.3, -0.25) is 14.9 Å². The van der Waals surface area contributed by atoms with E-state index in [-0.39, 0.29) is 13.0 Å². The summed E-state index contributed by atoms with van der Waals surface area (Å²) in [5.74, 6) is -0.359. The van der Waals surface area contributed by atoms with Crippen LogP contribution in [0.4, 0.5) is 0 Å². The van der Waals surface area contributed by atoms with Crippen molar-refractivity contribution in [3.05, 3.63) is 17.7 Å². The van der Waals surface area contributed by atoms with Crippen LogP contribution in [0.2, 0.25) is 0 Å². The van der Waals surface area contributed by atoms with Crippen molar-refractivity contribution < 1.29 is 28.9 Å².